The quantitative estimate of drug-likeness (QED) is 0.0262. The molecule has 4 aromatic rings. The Morgan fingerprint density at radius 1 is 0.606 bits per heavy atom. The van der Waals surface area contributed by atoms with E-state index in [1.165, 1.54) is 6.26 Å². The first kappa shape index (κ1) is 52.9. The van der Waals surface area contributed by atoms with Crippen molar-refractivity contribution in [2.45, 2.75) is 79.3 Å². The fraction of sp³-hybridized carbons (Fsp3) is 0.388. The average Bonchev–Trinajstić information content (AvgIpc) is 3.29. The average molecular weight is 951 g/mol. The third-order valence-corrected chi connectivity index (χ3v) is 15.0. The molecule has 0 bridgehead atoms. The Balaban J connectivity index is 0.000000272. The van der Waals surface area contributed by atoms with Gasteiger partial charge in [-0.1, -0.05) is 100 Å². The molecule has 0 radical (unpaired) electrons. The molecule has 2 aliphatic rings. The number of benzene rings is 4. The molecule has 0 saturated carbocycles. The number of fused-ring (bicyclic) bond motifs is 6. The lowest BCUT2D eigenvalue weighted by Gasteiger charge is -2.30. The number of aliphatic carboxylic acids is 2. The maximum Gasteiger partial charge on any atom is 0.312 e. The van der Waals surface area contributed by atoms with Gasteiger partial charge in [0, 0.05) is 11.1 Å². The minimum Gasteiger partial charge on any atom is -0.502 e. The van der Waals surface area contributed by atoms with E-state index in [9.17, 15) is 33.4 Å². The van der Waals surface area contributed by atoms with Crippen molar-refractivity contribution in [3.8, 4) is 33.8 Å². The van der Waals surface area contributed by atoms with Crippen molar-refractivity contribution in [3.63, 3.8) is 0 Å². The molecule has 4 aromatic carbocycles. The van der Waals surface area contributed by atoms with Gasteiger partial charge in [0.05, 0.1) is 73.7 Å². The minimum absolute atomic E-state index is 0.225. The van der Waals surface area contributed by atoms with Gasteiger partial charge >= 0.3 is 23.9 Å². The molecule has 0 aromatic heterocycles. The highest BCUT2D eigenvalue weighted by molar-refractivity contribution is 7.68. The fourth-order valence-electron chi connectivity index (χ4n) is 7.00. The number of carbonyl (C=O) groups excluding carboxylic acids is 2. The molecule has 6 rings (SSSR count). The lowest BCUT2D eigenvalue weighted by atomic mass is 10.0. The Bertz CT molecular complexity index is 2360. The number of esters is 2. The first-order valence-electron chi connectivity index (χ1n) is 21.8. The molecule has 0 fully saturated rings. The molecule has 66 heavy (non-hydrogen) atoms. The Kier molecular flexibility index (Phi) is 20.7. The standard InChI is InChI=1S/C27H35O8P.C17H15O6P.C5H10O/c1-5-15-31-19(3)33-26(28)17-21(27(29)34-20(4)32-16-6-2)18-36(30)25-14-10-8-12-23(25)22-11-7-9-13-24(22)35-36;18-16(19)9-11(17(20)21)10-24(22)15-8-4-2-6-13(15)12-5-1-3-7-14(12)23-24;1-3-5-6-4-2/h7-14,19-21H,5-6,15-18H2,1-4H3;1-8,11H,9-10H2,(H,18,19)(H,20,21);4H,2-3,5H2,1H3. The zero-order chi connectivity index (χ0) is 48.3. The molecule has 2 N–H and O–H groups in total. The summed E-state index contributed by atoms with van der Waals surface area (Å²) in [6.07, 6.45) is 0.940. The van der Waals surface area contributed by atoms with E-state index in [4.69, 9.17) is 37.8 Å². The van der Waals surface area contributed by atoms with Crippen LogP contribution in [0.3, 0.4) is 0 Å². The minimum atomic E-state index is -3.60. The molecular formula is C49H60O15P2. The van der Waals surface area contributed by atoms with E-state index in [-0.39, 0.29) is 18.7 Å². The van der Waals surface area contributed by atoms with Crippen LogP contribution in [0.2, 0.25) is 0 Å². The molecule has 6 unspecified atom stereocenters. The molecular weight excluding hydrogens is 890 g/mol. The second kappa shape index (κ2) is 25.8. The molecule has 0 aliphatic carbocycles. The van der Waals surface area contributed by atoms with Gasteiger partial charge in [0.1, 0.15) is 11.5 Å². The van der Waals surface area contributed by atoms with Crippen molar-refractivity contribution in [3.05, 3.63) is 110 Å². The second-order valence-electron chi connectivity index (χ2n) is 15.3. The summed E-state index contributed by atoms with van der Waals surface area (Å²) in [7, 11) is -7.15. The van der Waals surface area contributed by atoms with Crippen LogP contribution in [0.15, 0.2) is 110 Å². The van der Waals surface area contributed by atoms with Crippen LogP contribution < -0.4 is 19.7 Å². The second-order valence-corrected chi connectivity index (χ2v) is 20.0. The molecule has 0 saturated heterocycles. The summed E-state index contributed by atoms with van der Waals surface area (Å²) in [4.78, 5) is 48.2. The van der Waals surface area contributed by atoms with Crippen LogP contribution in [-0.4, -0.2) is 78.8 Å². The van der Waals surface area contributed by atoms with E-state index in [0.717, 1.165) is 48.1 Å². The molecule has 17 heteroatoms. The van der Waals surface area contributed by atoms with Gasteiger partial charge in [0.2, 0.25) is 0 Å². The van der Waals surface area contributed by atoms with Crippen molar-refractivity contribution in [2.24, 2.45) is 11.8 Å². The normalized spacial score (nSPS) is 18.0. The molecule has 356 valence electrons. The lowest BCUT2D eigenvalue weighted by molar-refractivity contribution is -0.185. The third-order valence-electron chi connectivity index (χ3n) is 9.96. The van der Waals surface area contributed by atoms with Crippen molar-refractivity contribution >= 4 is 49.2 Å². The summed E-state index contributed by atoms with van der Waals surface area (Å²) in [5.74, 6) is -5.38. The molecule has 6 atom stereocenters. The van der Waals surface area contributed by atoms with Gasteiger partial charge in [-0.05, 0) is 68.5 Å². The topological polar surface area (TPSA) is 207 Å². The smallest absolute Gasteiger partial charge is 0.312 e. The predicted molar refractivity (Wildman–Crippen MR) is 251 cm³/mol. The maximum absolute atomic E-state index is 14.3. The van der Waals surface area contributed by atoms with Crippen molar-refractivity contribution in [2.75, 3.05) is 32.1 Å². The number of carboxylic acids is 2. The van der Waals surface area contributed by atoms with Gasteiger partial charge in [-0.3, -0.25) is 28.3 Å². The highest BCUT2D eigenvalue weighted by Gasteiger charge is 2.42. The Hall–Kier alpha value is -5.72. The SMILES string of the molecule is C=COCCC.CCCOC(C)OC(=O)CC(CP1(=O)Oc2ccccc2-c2ccccc21)C(=O)OC(C)OCCC.O=C(O)CC(CP1(=O)Oc2ccccc2-c2ccccc21)C(=O)O. The summed E-state index contributed by atoms with van der Waals surface area (Å²) in [6, 6.07) is 28.6. The summed E-state index contributed by atoms with van der Waals surface area (Å²) in [5, 5.41) is 19.1. The summed E-state index contributed by atoms with van der Waals surface area (Å²) >= 11 is 0. The Labute approximate surface area is 386 Å². The zero-order valence-corrected chi connectivity index (χ0v) is 39.8. The van der Waals surface area contributed by atoms with E-state index in [1.54, 1.807) is 74.5 Å². The highest BCUT2D eigenvalue weighted by atomic mass is 31.2. The van der Waals surface area contributed by atoms with E-state index in [1.807, 2.05) is 50.2 Å². The molecule has 0 amide bonds. The van der Waals surface area contributed by atoms with Crippen LogP contribution in [0.4, 0.5) is 0 Å². The molecule has 2 heterocycles. The van der Waals surface area contributed by atoms with E-state index in [2.05, 4.69) is 13.5 Å². The van der Waals surface area contributed by atoms with Crippen LogP contribution in [0.25, 0.3) is 22.3 Å². The van der Waals surface area contributed by atoms with Gasteiger partial charge in [0.15, 0.2) is 12.6 Å². The Morgan fingerprint density at radius 2 is 1.03 bits per heavy atom. The van der Waals surface area contributed by atoms with Gasteiger partial charge in [-0.2, -0.15) is 0 Å². The van der Waals surface area contributed by atoms with Gasteiger partial charge in [-0.15, -0.1) is 0 Å². The van der Waals surface area contributed by atoms with E-state index < -0.39 is 69.5 Å². The third kappa shape index (κ3) is 14.9. The number of hydrogen-bond acceptors (Lipinski definition) is 13. The van der Waals surface area contributed by atoms with Crippen LogP contribution in [0.1, 0.15) is 66.7 Å². The van der Waals surface area contributed by atoms with Gasteiger partial charge in [0.25, 0.3) is 14.7 Å². The number of para-hydroxylation sites is 2. The zero-order valence-electron chi connectivity index (χ0n) is 38.0. The van der Waals surface area contributed by atoms with Crippen molar-refractivity contribution < 1.29 is 71.3 Å². The monoisotopic (exact) mass is 950 g/mol. The summed E-state index contributed by atoms with van der Waals surface area (Å²) in [5.41, 5.74) is 3.10. The first-order valence-corrected chi connectivity index (χ1v) is 25.5. The number of carboxylic acid groups (broad SMARTS) is 2. The number of hydrogen-bond donors (Lipinski definition) is 2. The highest BCUT2D eigenvalue weighted by Crippen LogP contribution is 2.57. The van der Waals surface area contributed by atoms with Crippen LogP contribution >= 0.6 is 14.7 Å². The van der Waals surface area contributed by atoms with E-state index in [0.29, 0.717) is 35.3 Å². The van der Waals surface area contributed by atoms with Crippen LogP contribution in [-0.2, 0) is 52.0 Å². The van der Waals surface area contributed by atoms with Crippen molar-refractivity contribution in [1.82, 2.24) is 0 Å². The van der Waals surface area contributed by atoms with E-state index >= 15 is 0 Å². The fourth-order valence-corrected chi connectivity index (χ4v) is 12.2. The van der Waals surface area contributed by atoms with Crippen LogP contribution in [0, 0.1) is 11.8 Å². The first-order chi connectivity index (χ1) is 31.6. The lowest BCUT2D eigenvalue weighted by Crippen LogP contribution is -2.32. The van der Waals surface area contributed by atoms with Crippen molar-refractivity contribution in [1.29, 1.82) is 0 Å². The summed E-state index contributed by atoms with van der Waals surface area (Å²) in [6.45, 7) is 14.2. The van der Waals surface area contributed by atoms with Crippen LogP contribution in [0.5, 0.6) is 11.5 Å². The van der Waals surface area contributed by atoms with Gasteiger partial charge < -0.3 is 42.9 Å². The number of carbonyl (C=O) groups is 4. The predicted octanol–water partition coefficient (Wildman–Crippen LogP) is 9.67. The Morgan fingerprint density at radius 3 is 1.45 bits per heavy atom. The van der Waals surface area contributed by atoms with Gasteiger partial charge in [-0.25, -0.2) is 0 Å². The number of ether oxygens (including phenoxy) is 5. The number of rotatable bonds is 21. The maximum atomic E-state index is 14.3. The molecule has 2 aliphatic heterocycles. The largest absolute Gasteiger partial charge is 0.502 e. The summed E-state index contributed by atoms with van der Waals surface area (Å²) < 4.78 is 65.9. The molecule has 15 nitrogen and oxygen atoms in total. The molecule has 0 spiro atoms.